The summed E-state index contributed by atoms with van der Waals surface area (Å²) in [7, 11) is -2.25. The largest absolute Gasteiger partial charge is 0.316 e. The maximum Gasteiger partial charge on any atom is 0.269 e. The summed E-state index contributed by atoms with van der Waals surface area (Å²) in [5, 5.41) is 12.0. The Balaban J connectivity index is 2.26. The molecule has 0 saturated carbocycles. The Morgan fingerprint density at radius 2 is 2.12 bits per heavy atom. The highest BCUT2D eigenvalue weighted by Crippen LogP contribution is 2.29. The Morgan fingerprint density at radius 1 is 1.31 bits per heavy atom. The van der Waals surface area contributed by atoms with E-state index in [2.05, 4.69) is 10.3 Å². The molecule has 2 aromatic heterocycles. The smallest absolute Gasteiger partial charge is 0.269 e. The van der Waals surface area contributed by atoms with Crippen LogP contribution in [-0.2, 0) is 16.6 Å². The zero-order valence-electron chi connectivity index (χ0n) is 13.8. The number of nitrogens with one attached hydrogen (secondary N) is 1. The molecule has 6 nitrogen and oxygen atoms in total. The van der Waals surface area contributed by atoms with Crippen molar-refractivity contribution in [3.05, 3.63) is 71.9 Å². The lowest BCUT2D eigenvalue weighted by molar-refractivity contribution is 0.587. The molecule has 0 aliphatic heterocycles. The first-order valence-electron chi connectivity index (χ1n) is 7.69. The number of halogens is 1. The monoisotopic (exact) mass is 370 g/mol. The van der Waals surface area contributed by atoms with Gasteiger partial charge in [0.2, 0.25) is 0 Å². The predicted octanol–water partition coefficient (Wildman–Crippen LogP) is 2.52. The molecule has 1 aromatic carbocycles. The van der Waals surface area contributed by atoms with Gasteiger partial charge in [0.1, 0.15) is 10.7 Å². The van der Waals surface area contributed by atoms with Crippen molar-refractivity contribution in [1.82, 2.24) is 14.3 Å². The maximum absolute atomic E-state index is 14.4. The van der Waals surface area contributed by atoms with Gasteiger partial charge in [-0.05, 0) is 49.0 Å². The maximum atomic E-state index is 14.4. The molecule has 2 heterocycles. The lowest BCUT2D eigenvalue weighted by Gasteiger charge is -2.11. The van der Waals surface area contributed by atoms with Crippen LogP contribution in [0, 0.1) is 17.1 Å². The van der Waals surface area contributed by atoms with E-state index in [4.69, 9.17) is 5.26 Å². The normalized spacial score (nSPS) is 11.3. The first kappa shape index (κ1) is 17.8. The van der Waals surface area contributed by atoms with Gasteiger partial charge in [0, 0.05) is 30.7 Å². The molecule has 1 N–H and O–H groups in total. The summed E-state index contributed by atoms with van der Waals surface area (Å²) in [5.74, 6) is -0.610. The van der Waals surface area contributed by atoms with Gasteiger partial charge in [-0.1, -0.05) is 0 Å². The van der Waals surface area contributed by atoms with Crippen LogP contribution in [0.1, 0.15) is 11.1 Å². The van der Waals surface area contributed by atoms with E-state index >= 15 is 0 Å². The van der Waals surface area contributed by atoms with Gasteiger partial charge in [0.25, 0.3) is 10.0 Å². The zero-order valence-corrected chi connectivity index (χ0v) is 14.7. The van der Waals surface area contributed by atoms with E-state index in [9.17, 15) is 12.8 Å². The minimum absolute atomic E-state index is 0.00953. The highest BCUT2D eigenvalue weighted by Gasteiger charge is 2.23. The average Bonchev–Trinajstić information content (AvgIpc) is 3.08. The summed E-state index contributed by atoms with van der Waals surface area (Å²) in [6.07, 6.45) is 4.14. The summed E-state index contributed by atoms with van der Waals surface area (Å²) in [5.41, 5.74) is 1.09. The van der Waals surface area contributed by atoms with Gasteiger partial charge in [0.15, 0.2) is 0 Å². The van der Waals surface area contributed by atoms with E-state index in [1.54, 1.807) is 13.1 Å². The van der Waals surface area contributed by atoms with E-state index in [1.807, 2.05) is 6.07 Å². The van der Waals surface area contributed by atoms with Gasteiger partial charge in [-0.25, -0.2) is 16.8 Å². The van der Waals surface area contributed by atoms with Crippen molar-refractivity contribution in [3.63, 3.8) is 0 Å². The second kappa shape index (κ2) is 7.07. The van der Waals surface area contributed by atoms with Crippen LogP contribution >= 0.6 is 0 Å². The lowest BCUT2D eigenvalue weighted by Crippen LogP contribution is -2.14. The SMILES string of the molecule is CNCc1cc(-c2cc(C#N)ccc2F)n(S(=O)(=O)c2cccnc2)c1. The number of nitrogens with zero attached hydrogens (tertiary/aromatic N) is 3. The van der Waals surface area contributed by atoms with E-state index in [-0.39, 0.29) is 21.7 Å². The van der Waals surface area contributed by atoms with Crippen LogP contribution in [0.4, 0.5) is 4.39 Å². The number of nitriles is 1. The summed E-state index contributed by atoms with van der Waals surface area (Å²) in [4.78, 5) is 3.84. The molecule has 0 aliphatic rings. The first-order chi connectivity index (χ1) is 12.5. The molecule has 0 unspecified atom stereocenters. The van der Waals surface area contributed by atoms with Crippen molar-refractivity contribution >= 4 is 10.0 Å². The fourth-order valence-electron chi connectivity index (χ4n) is 2.60. The van der Waals surface area contributed by atoms with Crippen LogP contribution in [0.3, 0.4) is 0 Å². The Bertz CT molecular complexity index is 1090. The molecule has 8 heteroatoms. The van der Waals surface area contributed by atoms with Gasteiger partial charge >= 0.3 is 0 Å². The molecule has 3 rings (SSSR count). The van der Waals surface area contributed by atoms with Crippen LogP contribution < -0.4 is 5.32 Å². The van der Waals surface area contributed by atoms with Gasteiger partial charge in [0.05, 0.1) is 17.3 Å². The molecule has 0 radical (unpaired) electrons. The predicted molar refractivity (Wildman–Crippen MR) is 94.1 cm³/mol. The number of hydrogen-bond acceptors (Lipinski definition) is 5. The number of hydrogen-bond donors (Lipinski definition) is 1. The van der Waals surface area contributed by atoms with Gasteiger partial charge in [-0.3, -0.25) is 4.98 Å². The van der Waals surface area contributed by atoms with Crippen molar-refractivity contribution in [3.8, 4) is 17.3 Å². The van der Waals surface area contributed by atoms with E-state index < -0.39 is 15.8 Å². The Hall–Kier alpha value is -3.02. The van der Waals surface area contributed by atoms with Crippen LogP contribution in [0.2, 0.25) is 0 Å². The van der Waals surface area contributed by atoms with Gasteiger partial charge < -0.3 is 5.32 Å². The van der Waals surface area contributed by atoms with Crippen LogP contribution in [0.25, 0.3) is 11.3 Å². The second-order valence-electron chi connectivity index (χ2n) is 5.56. The molecule has 0 bridgehead atoms. The highest BCUT2D eigenvalue weighted by atomic mass is 32.2. The Kier molecular flexibility index (Phi) is 4.84. The molecule has 132 valence electrons. The van der Waals surface area contributed by atoms with Crippen molar-refractivity contribution < 1.29 is 12.8 Å². The quantitative estimate of drug-likeness (QED) is 0.746. The molecular weight excluding hydrogens is 355 g/mol. The van der Waals surface area contributed by atoms with E-state index in [1.165, 1.54) is 42.9 Å². The third kappa shape index (κ3) is 3.22. The first-order valence-corrected chi connectivity index (χ1v) is 9.13. The minimum atomic E-state index is -3.97. The molecule has 0 amide bonds. The van der Waals surface area contributed by atoms with Gasteiger partial charge in [-0.2, -0.15) is 5.26 Å². The summed E-state index contributed by atoms with van der Waals surface area (Å²) in [6, 6.07) is 10.3. The molecule has 0 fully saturated rings. The molecule has 0 aliphatic carbocycles. The number of aromatic nitrogens is 2. The summed E-state index contributed by atoms with van der Waals surface area (Å²) in [6.45, 7) is 0.405. The molecule has 0 spiro atoms. The van der Waals surface area contributed by atoms with Crippen molar-refractivity contribution in [1.29, 1.82) is 5.26 Å². The molecule has 3 aromatic rings. The van der Waals surface area contributed by atoms with Crippen LogP contribution in [-0.4, -0.2) is 24.4 Å². The fraction of sp³-hybridized carbons (Fsp3) is 0.111. The Morgan fingerprint density at radius 3 is 2.77 bits per heavy atom. The van der Waals surface area contributed by atoms with Crippen molar-refractivity contribution in [2.75, 3.05) is 7.05 Å². The third-order valence-electron chi connectivity index (χ3n) is 3.79. The molecule has 26 heavy (non-hydrogen) atoms. The van der Waals surface area contributed by atoms with Crippen molar-refractivity contribution in [2.45, 2.75) is 11.4 Å². The standard InChI is InChI=1S/C18H15FN4O2S/c1-21-10-14-8-18(16-7-13(9-20)4-5-17(16)19)23(12-14)26(24,25)15-3-2-6-22-11-15/h2-8,11-12,21H,10H2,1H3. The topological polar surface area (TPSA) is 87.8 Å². The van der Waals surface area contributed by atoms with E-state index in [0.29, 0.717) is 12.1 Å². The molecule has 0 saturated heterocycles. The zero-order chi connectivity index (χ0) is 18.7. The second-order valence-corrected chi connectivity index (χ2v) is 7.37. The Labute approximate surface area is 150 Å². The third-order valence-corrected chi connectivity index (χ3v) is 5.44. The molecule has 0 atom stereocenters. The van der Waals surface area contributed by atoms with Crippen LogP contribution in [0.15, 0.2) is 59.9 Å². The number of benzene rings is 1. The fourth-order valence-corrected chi connectivity index (χ4v) is 3.95. The van der Waals surface area contributed by atoms with Crippen molar-refractivity contribution in [2.24, 2.45) is 0 Å². The minimum Gasteiger partial charge on any atom is -0.316 e. The average molecular weight is 370 g/mol. The lowest BCUT2D eigenvalue weighted by atomic mass is 10.1. The molecular formula is C18H15FN4O2S. The van der Waals surface area contributed by atoms with Gasteiger partial charge in [-0.15, -0.1) is 0 Å². The summed E-state index contributed by atoms with van der Waals surface area (Å²) < 4.78 is 41.5. The highest BCUT2D eigenvalue weighted by molar-refractivity contribution is 7.90. The number of rotatable bonds is 5. The summed E-state index contributed by atoms with van der Waals surface area (Å²) >= 11 is 0. The van der Waals surface area contributed by atoms with Crippen LogP contribution in [0.5, 0.6) is 0 Å². The van der Waals surface area contributed by atoms with E-state index in [0.717, 1.165) is 10.0 Å². The number of pyridine rings is 1.